The number of alkyl halides is 3. The number of carbonyl (C=O) groups excluding carboxylic acids is 1. The molecular formula is C33H65F3N2O. The van der Waals surface area contributed by atoms with Gasteiger partial charge in [0.15, 0.2) is 0 Å². The Morgan fingerprint density at radius 3 is 1.08 bits per heavy atom. The first-order chi connectivity index (χ1) is 18.9. The van der Waals surface area contributed by atoms with Gasteiger partial charge < -0.3 is 10.2 Å². The van der Waals surface area contributed by atoms with Crippen LogP contribution in [0.2, 0.25) is 0 Å². The van der Waals surface area contributed by atoms with Gasteiger partial charge in [0.05, 0.1) is 0 Å². The first-order valence-corrected chi connectivity index (χ1v) is 17.0. The van der Waals surface area contributed by atoms with E-state index in [0.29, 0.717) is 6.42 Å². The van der Waals surface area contributed by atoms with Crippen molar-refractivity contribution in [2.24, 2.45) is 0 Å². The molecule has 0 atom stereocenters. The standard InChI is InChI=1S/C33H65F3N2O/c1-3-5-7-9-10-11-12-13-14-15-16-18-22-26-30-38(29-25-21-8-6-4-2)31-27-23-19-17-20-24-28-37-32(39)33(34,35)36/h3-31H2,1-2H3,(H,37,39). The fourth-order valence-electron chi connectivity index (χ4n) is 5.27. The van der Waals surface area contributed by atoms with Gasteiger partial charge in [-0.05, 0) is 45.3 Å². The van der Waals surface area contributed by atoms with Gasteiger partial charge in [0.25, 0.3) is 0 Å². The number of unbranched alkanes of at least 4 members (excludes halogenated alkanes) is 22. The number of nitrogens with one attached hydrogen (secondary N) is 1. The van der Waals surface area contributed by atoms with E-state index in [-0.39, 0.29) is 6.54 Å². The Balaban J connectivity index is 3.80. The average molecular weight is 563 g/mol. The largest absolute Gasteiger partial charge is 0.471 e. The molecule has 0 aliphatic heterocycles. The van der Waals surface area contributed by atoms with Gasteiger partial charge in [-0.3, -0.25) is 4.79 Å². The molecule has 6 heteroatoms. The maximum atomic E-state index is 12.2. The molecule has 1 amide bonds. The topological polar surface area (TPSA) is 32.3 Å². The van der Waals surface area contributed by atoms with Crippen LogP contribution in [0.15, 0.2) is 0 Å². The molecule has 0 aromatic rings. The molecule has 0 heterocycles. The number of carbonyl (C=O) groups is 1. The summed E-state index contributed by atoms with van der Waals surface area (Å²) in [5.74, 6) is -1.82. The first kappa shape index (κ1) is 38.2. The lowest BCUT2D eigenvalue weighted by molar-refractivity contribution is -0.173. The third kappa shape index (κ3) is 28.5. The van der Waals surface area contributed by atoms with Gasteiger partial charge in [0.2, 0.25) is 0 Å². The van der Waals surface area contributed by atoms with Gasteiger partial charge in [-0.25, -0.2) is 0 Å². The quantitative estimate of drug-likeness (QED) is 0.0883. The lowest BCUT2D eigenvalue weighted by atomic mass is 10.0. The lowest BCUT2D eigenvalue weighted by Gasteiger charge is -2.22. The minimum atomic E-state index is -4.77. The number of hydrogen-bond acceptors (Lipinski definition) is 2. The summed E-state index contributed by atoms with van der Waals surface area (Å²) in [5, 5.41) is 1.95. The van der Waals surface area contributed by atoms with Crippen LogP contribution in [-0.2, 0) is 4.79 Å². The molecule has 0 aliphatic carbocycles. The van der Waals surface area contributed by atoms with E-state index in [2.05, 4.69) is 18.7 Å². The van der Waals surface area contributed by atoms with Gasteiger partial charge >= 0.3 is 12.1 Å². The van der Waals surface area contributed by atoms with Crippen LogP contribution in [0, 0.1) is 0 Å². The number of nitrogens with zero attached hydrogens (tertiary/aromatic N) is 1. The van der Waals surface area contributed by atoms with Crippen molar-refractivity contribution in [1.29, 1.82) is 0 Å². The van der Waals surface area contributed by atoms with Crippen molar-refractivity contribution in [3.05, 3.63) is 0 Å². The van der Waals surface area contributed by atoms with Gasteiger partial charge in [0.1, 0.15) is 0 Å². The molecule has 0 saturated carbocycles. The van der Waals surface area contributed by atoms with Gasteiger partial charge in [-0.2, -0.15) is 13.2 Å². The van der Waals surface area contributed by atoms with Crippen molar-refractivity contribution in [3.8, 4) is 0 Å². The molecule has 0 rings (SSSR count). The number of halogens is 3. The van der Waals surface area contributed by atoms with Crippen molar-refractivity contribution in [2.75, 3.05) is 26.2 Å². The second-order valence-corrected chi connectivity index (χ2v) is 11.7. The zero-order chi connectivity index (χ0) is 28.9. The molecule has 3 nitrogen and oxygen atoms in total. The molecule has 234 valence electrons. The summed E-state index contributed by atoms with van der Waals surface area (Å²) in [6.07, 6.45) is 27.5. The van der Waals surface area contributed by atoms with Crippen LogP contribution in [-0.4, -0.2) is 43.2 Å². The number of rotatable bonds is 30. The first-order valence-electron chi connectivity index (χ1n) is 17.0. The summed E-state index contributed by atoms with van der Waals surface area (Å²) >= 11 is 0. The van der Waals surface area contributed by atoms with Crippen LogP contribution in [0.25, 0.3) is 0 Å². The summed E-state index contributed by atoms with van der Waals surface area (Å²) in [6, 6.07) is 0. The molecule has 0 saturated heterocycles. The molecule has 0 bridgehead atoms. The average Bonchev–Trinajstić information content (AvgIpc) is 2.90. The summed E-state index contributed by atoms with van der Waals surface area (Å²) in [6.45, 7) is 8.28. The van der Waals surface area contributed by atoms with Crippen molar-refractivity contribution in [2.45, 2.75) is 181 Å². The van der Waals surface area contributed by atoms with Gasteiger partial charge in [0, 0.05) is 6.54 Å². The van der Waals surface area contributed by atoms with Gasteiger partial charge in [-0.15, -0.1) is 0 Å². The predicted octanol–water partition coefficient (Wildman–Crippen LogP) is 10.8. The molecule has 0 unspecified atom stereocenters. The van der Waals surface area contributed by atoms with E-state index in [1.807, 2.05) is 5.32 Å². The summed E-state index contributed by atoms with van der Waals surface area (Å²) in [5.41, 5.74) is 0. The van der Waals surface area contributed by atoms with Crippen molar-refractivity contribution in [3.63, 3.8) is 0 Å². The van der Waals surface area contributed by atoms with Crippen LogP contribution in [0.1, 0.15) is 174 Å². The van der Waals surface area contributed by atoms with Crippen LogP contribution in [0.5, 0.6) is 0 Å². The third-order valence-corrected chi connectivity index (χ3v) is 7.85. The highest BCUT2D eigenvalue weighted by molar-refractivity contribution is 5.81. The maximum absolute atomic E-state index is 12.2. The number of hydrogen-bond donors (Lipinski definition) is 1. The Kier molecular flexibility index (Phi) is 28.2. The zero-order valence-corrected chi connectivity index (χ0v) is 26.0. The fraction of sp³-hybridized carbons (Fsp3) is 0.970. The van der Waals surface area contributed by atoms with Crippen molar-refractivity contribution in [1.82, 2.24) is 10.2 Å². The van der Waals surface area contributed by atoms with Crippen molar-refractivity contribution < 1.29 is 18.0 Å². The number of amides is 1. The van der Waals surface area contributed by atoms with E-state index >= 15 is 0 Å². The minimum Gasteiger partial charge on any atom is -0.348 e. The Morgan fingerprint density at radius 1 is 0.487 bits per heavy atom. The molecule has 0 aromatic heterocycles. The van der Waals surface area contributed by atoms with E-state index in [1.54, 1.807) is 0 Å². The maximum Gasteiger partial charge on any atom is 0.471 e. The molecule has 0 aliphatic rings. The van der Waals surface area contributed by atoms with E-state index in [9.17, 15) is 18.0 Å². The highest BCUT2D eigenvalue weighted by Gasteiger charge is 2.38. The van der Waals surface area contributed by atoms with Gasteiger partial charge in [-0.1, -0.05) is 149 Å². The normalized spacial score (nSPS) is 11.9. The smallest absolute Gasteiger partial charge is 0.348 e. The summed E-state index contributed by atoms with van der Waals surface area (Å²) < 4.78 is 36.5. The highest BCUT2D eigenvalue weighted by atomic mass is 19.4. The van der Waals surface area contributed by atoms with E-state index < -0.39 is 12.1 Å². The predicted molar refractivity (Wildman–Crippen MR) is 162 cm³/mol. The molecule has 39 heavy (non-hydrogen) atoms. The molecule has 0 aromatic carbocycles. The Labute approximate surface area is 240 Å². The molecule has 0 spiro atoms. The Bertz CT molecular complexity index is 514. The van der Waals surface area contributed by atoms with E-state index in [1.165, 1.54) is 154 Å². The monoisotopic (exact) mass is 563 g/mol. The fourth-order valence-corrected chi connectivity index (χ4v) is 5.27. The van der Waals surface area contributed by atoms with Crippen molar-refractivity contribution >= 4 is 5.91 Å². The molecular weight excluding hydrogens is 497 g/mol. The second-order valence-electron chi connectivity index (χ2n) is 11.7. The third-order valence-electron chi connectivity index (χ3n) is 7.85. The Hall–Kier alpha value is -0.780. The second kappa shape index (κ2) is 28.7. The van der Waals surface area contributed by atoms with Crippen LogP contribution in [0.3, 0.4) is 0 Å². The Morgan fingerprint density at radius 2 is 0.769 bits per heavy atom. The van der Waals surface area contributed by atoms with E-state index in [0.717, 1.165) is 19.3 Å². The minimum absolute atomic E-state index is 0.114. The zero-order valence-electron chi connectivity index (χ0n) is 26.0. The highest BCUT2D eigenvalue weighted by Crippen LogP contribution is 2.15. The van der Waals surface area contributed by atoms with Crippen LogP contribution in [0.4, 0.5) is 13.2 Å². The van der Waals surface area contributed by atoms with Crippen LogP contribution >= 0.6 is 0 Å². The molecule has 0 fully saturated rings. The SMILES string of the molecule is CCCCCCCCCCCCCCCCN(CCCCCCC)CCCCCCCCNC(=O)C(F)(F)F. The van der Waals surface area contributed by atoms with Crippen LogP contribution < -0.4 is 5.32 Å². The summed E-state index contributed by atoms with van der Waals surface area (Å²) in [4.78, 5) is 13.5. The summed E-state index contributed by atoms with van der Waals surface area (Å²) in [7, 11) is 0. The lowest BCUT2D eigenvalue weighted by Crippen LogP contribution is -2.37. The molecule has 1 N–H and O–H groups in total. The van der Waals surface area contributed by atoms with E-state index in [4.69, 9.17) is 0 Å². The molecule has 0 radical (unpaired) electrons.